The third-order valence-electron chi connectivity index (χ3n) is 2.95. The maximum atomic E-state index is 11.7. The molecular formula is C10H18ClN3O2S. The highest BCUT2D eigenvalue weighted by Gasteiger charge is 2.28. The molecule has 1 unspecified atom stereocenters. The topological polar surface area (TPSA) is 70.2 Å². The van der Waals surface area contributed by atoms with Gasteiger partial charge in [0.1, 0.15) is 6.04 Å². The predicted octanol–water partition coefficient (Wildman–Crippen LogP) is 0.349. The Hall–Kier alpha value is -0.460. The molecule has 0 bridgehead atoms. The molecule has 0 aromatic heterocycles. The van der Waals surface area contributed by atoms with Crippen molar-refractivity contribution in [3.63, 3.8) is 0 Å². The number of thioether (sulfide) groups is 1. The number of nitrogens with one attached hydrogen (secondary N) is 3. The maximum absolute atomic E-state index is 11.7. The summed E-state index contributed by atoms with van der Waals surface area (Å²) in [5.74, 6) is 1.03. The van der Waals surface area contributed by atoms with Gasteiger partial charge in [-0.3, -0.25) is 9.59 Å². The van der Waals surface area contributed by atoms with E-state index in [1.807, 2.05) is 0 Å². The van der Waals surface area contributed by atoms with Crippen LogP contribution in [0.2, 0.25) is 0 Å². The molecule has 2 heterocycles. The van der Waals surface area contributed by atoms with E-state index < -0.39 is 0 Å². The van der Waals surface area contributed by atoms with E-state index in [1.165, 1.54) is 24.6 Å². The fraction of sp³-hybridized carbons (Fsp3) is 0.800. The van der Waals surface area contributed by atoms with Crippen LogP contribution in [0.3, 0.4) is 0 Å². The van der Waals surface area contributed by atoms with E-state index in [2.05, 4.69) is 16.0 Å². The molecule has 2 aliphatic heterocycles. The number of amides is 2. The van der Waals surface area contributed by atoms with E-state index in [1.54, 1.807) is 0 Å². The summed E-state index contributed by atoms with van der Waals surface area (Å²) in [5.41, 5.74) is 0. The Morgan fingerprint density at radius 3 is 2.94 bits per heavy atom. The molecule has 0 spiro atoms. The first-order valence-corrected chi connectivity index (χ1v) is 6.66. The average Bonchev–Trinajstić information content (AvgIpc) is 2.74. The molecule has 98 valence electrons. The van der Waals surface area contributed by atoms with Gasteiger partial charge in [-0.2, -0.15) is 0 Å². The third-order valence-corrected chi connectivity index (χ3v) is 3.83. The van der Waals surface area contributed by atoms with Crippen LogP contribution in [0.5, 0.6) is 0 Å². The summed E-state index contributed by atoms with van der Waals surface area (Å²) in [4.78, 5) is 22.6. The molecule has 2 atom stereocenters. The lowest BCUT2D eigenvalue weighted by Gasteiger charge is -2.23. The second kappa shape index (κ2) is 7.08. The van der Waals surface area contributed by atoms with E-state index in [0.717, 1.165) is 13.1 Å². The van der Waals surface area contributed by atoms with Crippen LogP contribution in [0.25, 0.3) is 0 Å². The fourth-order valence-corrected chi connectivity index (χ4v) is 2.77. The zero-order valence-corrected chi connectivity index (χ0v) is 11.2. The zero-order valence-electron chi connectivity index (χ0n) is 9.53. The van der Waals surface area contributed by atoms with Crippen molar-refractivity contribution in [2.24, 2.45) is 5.92 Å². The second-order valence-electron chi connectivity index (χ2n) is 4.25. The van der Waals surface area contributed by atoms with Crippen molar-refractivity contribution in [3.8, 4) is 0 Å². The molecule has 0 aromatic carbocycles. The van der Waals surface area contributed by atoms with Crippen LogP contribution in [0, 0.1) is 5.92 Å². The quantitative estimate of drug-likeness (QED) is 0.697. The van der Waals surface area contributed by atoms with Gasteiger partial charge in [0.15, 0.2) is 0 Å². The molecule has 2 fully saturated rings. The summed E-state index contributed by atoms with van der Waals surface area (Å²) >= 11 is 1.17. The monoisotopic (exact) mass is 279 g/mol. The van der Waals surface area contributed by atoms with E-state index >= 15 is 0 Å². The number of hydrogen-bond acceptors (Lipinski definition) is 4. The minimum atomic E-state index is -0.339. The van der Waals surface area contributed by atoms with Gasteiger partial charge in [0.2, 0.25) is 5.91 Å². The molecule has 7 heteroatoms. The van der Waals surface area contributed by atoms with Crippen molar-refractivity contribution in [1.29, 1.82) is 0 Å². The molecule has 17 heavy (non-hydrogen) atoms. The van der Waals surface area contributed by atoms with Gasteiger partial charge < -0.3 is 16.0 Å². The van der Waals surface area contributed by atoms with Crippen LogP contribution in [0.15, 0.2) is 0 Å². The van der Waals surface area contributed by atoms with Crippen LogP contribution in [0.1, 0.15) is 12.8 Å². The van der Waals surface area contributed by atoms with E-state index in [0.29, 0.717) is 18.2 Å². The third kappa shape index (κ3) is 4.37. The highest BCUT2D eigenvalue weighted by molar-refractivity contribution is 8.14. The molecule has 2 aliphatic rings. The summed E-state index contributed by atoms with van der Waals surface area (Å²) in [6.45, 7) is 2.77. The van der Waals surface area contributed by atoms with Gasteiger partial charge in [-0.15, -0.1) is 12.4 Å². The minimum Gasteiger partial charge on any atom is -0.354 e. The normalized spacial score (nSPS) is 28.1. The first-order chi connectivity index (χ1) is 7.75. The van der Waals surface area contributed by atoms with Gasteiger partial charge in [-0.05, 0) is 31.8 Å². The highest BCUT2D eigenvalue weighted by Crippen LogP contribution is 2.13. The SMILES string of the molecule is Cl.O=C1N[C@H](C(=O)NCC2CCCNC2)CS1. The smallest absolute Gasteiger partial charge is 0.279 e. The van der Waals surface area contributed by atoms with Gasteiger partial charge >= 0.3 is 0 Å². The number of halogens is 1. The van der Waals surface area contributed by atoms with Gasteiger partial charge in [0, 0.05) is 12.3 Å². The van der Waals surface area contributed by atoms with Crippen LogP contribution < -0.4 is 16.0 Å². The van der Waals surface area contributed by atoms with E-state index in [-0.39, 0.29) is 29.6 Å². The lowest BCUT2D eigenvalue weighted by atomic mass is 10.00. The maximum Gasteiger partial charge on any atom is 0.279 e. The molecule has 2 saturated heterocycles. The van der Waals surface area contributed by atoms with Crippen molar-refractivity contribution in [1.82, 2.24) is 16.0 Å². The molecule has 3 N–H and O–H groups in total. The van der Waals surface area contributed by atoms with Crippen molar-refractivity contribution >= 4 is 35.3 Å². The van der Waals surface area contributed by atoms with Gasteiger partial charge in [-0.1, -0.05) is 11.8 Å². The lowest BCUT2D eigenvalue weighted by molar-refractivity contribution is -0.122. The molecule has 0 aromatic rings. The number of rotatable bonds is 3. The lowest BCUT2D eigenvalue weighted by Crippen LogP contribution is -2.46. The summed E-state index contributed by atoms with van der Waals surface area (Å²) in [6, 6.07) is -0.339. The largest absolute Gasteiger partial charge is 0.354 e. The molecule has 2 amide bonds. The van der Waals surface area contributed by atoms with Gasteiger partial charge in [-0.25, -0.2) is 0 Å². The summed E-state index contributed by atoms with van der Waals surface area (Å²) in [6.07, 6.45) is 2.34. The van der Waals surface area contributed by atoms with Crippen LogP contribution in [0.4, 0.5) is 4.79 Å². The minimum absolute atomic E-state index is 0. The van der Waals surface area contributed by atoms with E-state index in [9.17, 15) is 9.59 Å². The number of hydrogen-bond donors (Lipinski definition) is 3. The number of carbonyl (C=O) groups excluding carboxylic acids is 2. The van der Waals surface area contributed by atoms with Crippen LogP contribution in [-0.2, 0) is 4.79 Å². The first kappa shape index (κ1) is 14.6. The highest BCUT2D eigenvalue weighted by atomic mass is 35.5. The zero-order chi connectivity index (χ0) is 11.4. The molecule has 2 rings (SSSR count). The first-order valence-electron chi connectivity index (χ1n) is 5.67. The van der Waals surface area contributed by atoms with E-state index in [4.69, 9.17) is 0 Å². The van der Waals surface area contributed by atoms with Crippen LogP contribution in [-0.4, -0.2) is 42.6 Å². The van der Waals surface area contributed by atoms with Crippen molar-refractivity contribution in [2.75, 3.05) is 25.4 Å². The fourth-order valence-electron chi connectivity index (χ4n) is 1.99. The predicted molar refractivity (Wildman–Crippen MR) is 70.6 cm³/mol. The van der Waals surface area contributed by atoms with Crippen LogP contribution >= 0.6 is 24.2 Å². The molecule has 0 radical (unpaired) electrons. The molecular weight excluding hydrogens is 262 g/mol. The summed E-state index contributed by atoms with van der Waals surface area (Å²) in [7, 11) is 0. The Bertz CT molecular complexity index is 285. The summed E-state index contributed by atoms with van der Waals surface area (Å²) in [5, 5.41) is 8.76. The molecule has 0 aliphatic carbocycles. The van der Waals surface area contributed by atoms with Crippen molar-refractivity contribution in [2.45, 2.75) is 18.9 Å². The standard InChI is InChI=1S/C10H17N3O2S.ClH/c14-9(8-6-16-10(15)13-8)12-5-7-2-1-3-11-4-7;/h7-8,11H,1-6H2,(H,12,14)(H,13,15);1H/t7?,8-;/m0./s1. The Kier molecular flexibility index (Phi) is 6.08. The Morgan fingerprint density at radius 2 is 2.35 bits per heavy atom. The Morgan fingerprint density at radius 1 is 1.53 bits per heavy atom. The second-order valence-corrected chi connectivity index (χ2v) is 5.25. The number of piperidine rings is 1. The van der Waals surface area contributed by atoms with Crippen molar-refractivity contribution in [3.05, 3.63) is 0 Å². The van der Waals surface area contributed by atoms with Gasteiger partial charge in [0.05, 0.1) is 0 Å². The Balaban J connectivity index is 0.00000144. The van der Waals surface area contributed by atoms with Gasteiger partial charge in [0.25, 0.3) is 5.24 Å². The molecule has 5 nitrogen and oxygen atoms in total. The molecule has 0 saturated carbocycles. The number of carbonyl (C=O) groups is 2. The Labute approximate surface area is 111 Å². The van der Waals surface area contributed by atoms with Crippen molar-refractivity contribution < 1.29 is 9.59 Å². The summed E-state index contributed by atoms with van der Waals surface area (Å²) < 4.78 is 0. The average molecular weight is 280 g/mol.